The minimum absolute atomic E-state index is 0.390. The maximum absolute atomic E-state index is 6.94. The van der Waals surface area contributed by atoms with E-state index in [1.54, 1.807) is 0 Å². The highest BCUT2D eigenvalue weighted by atomic mass is 15.3. The fourth-order valence-electron chi connectivity index (χ4n) is 3.24. The molecular weight excluding hydrogens is 304 g/mol. The van der Waals surface area contributed by atoms with Crippen LogP contribution in [0, 0.1) is 0 Å². The average molecular weight is 349 g/mol. The first kappa shape index (κ1) is 24.1. The molecule has 0 unspecified atom stereocenters. The number of nitrogens with one attached hydrogen (secondary N) is 1. The largest absolute Gasteiger partial charge is 0.674 e. The molecule has 0 heterocycles. The van der Waals surface area contributed by atoms with Gasteiger partial charge in [-0.15, -0.1) is 6.54 Å². The first-order chi connectivity index (χ1) is 12.2. The molecule has 1 aromatic carbocycles. The molecule has 2 heteroatoms. The zero-order chi connectivity index (χ0) is 18.8. The lowest BCUT2D eigenvalue weighted by atomic mass is 10.1. The van der Waals surface area contributed by atoms with Gasteiger partial charge in [-0.25, -0.2) is 0 Å². The van der Waals surface area contributed by atoms with Gasteiger partial charge >= 0.3 is 0 Å². The number of hydrogen-bond acceptors (Lipinski definition) is 0. The minimum Gasteiger partial charge on any atom is -0.674 e. The van der Waals surface area contributed by atoms with Crippen molar-refractivity contribution in [3.63, 3.8) is 0 Å². The van der Waals surface area contributed by atoms with Crippen LogP contribution in [0.4, 0.5) is 0 Å². The molecule has 0 bridgehead atoms. The molecule has 0 aliphatic carbocycles. The van der Waals surface area contributed by atoms with Crippen LogP contribution in [-0.2, 0) is 6.54 Å². The second-order valence-electron chi connectivity index (χ2n) is 7.31. The Labute approximate surface area is 158 Å². The summed E-state index contributed by atoms with van der Waals surface area (Å²) in [6.45, 7) is 15.4. The zero-order valence-corrected chi connectivity index (χ0v) is 17.5. The van der Waals surface area contributed by atoms with Crippen molar-refractivity contribution >= 4 is 0 Å². The lowest BCUT2D eigenvalue weighted by Crippen LogP contribution is -2.50. The van der Waals surface area contributed by atoms with Crippen LogP contribution in [0.15, 0.2) is 30.3 Å². The van der Waals surface area contributed by atoms with Crippen LogP contribution >= 0.6 is 0 Å². The van der Waals surface area contributed by atoms with E-state index in [0.29, 0.717) is 6.54 Å². The van der Waals surface area contributed by atoms with E-state index in [1.807, 2.05) is 30.3 Å². The highest BCUT2D eigenvalue weighted by molar-refractivity contribution is 5.15. The summed E-state index contributed by atoms with van der Waals surface area (Å²) < 4.78 is 1.42. The SMILES string of the molecule is CCCC[N+](CCCC)(CCCC)CCCC.[NH-]Cc1ccccc1. The maximum Gasteiger partial charge on any atom is 0.0786 e. The molecule has 0 saturated heterocycles. The molecule has 0 fully saturated rings. The van der Waals surface area contributed by atoms with Crippen LogP contribution in [0.3, 0.4) is 0 Å². The van der Waals surface area contributed by atoms with Crippen LogP contribution < -0.4 is 0 Å². The smallest absolute Gasteiger partial charge is 0.0786 e. The number of nitrogens with zero attached hydrogens (tertiary/aromatic N) is 1. The molecule has 1 rings (SSSR count). The molecule has 1 aromatic rings. The van der Waals surface area contributed by atoms with Gasteiger partial charge in [-0.05, 0) is 25.7 Å². The van der Waals surface area contributed by atoms with Gasteiger partial charge in [-0.2, -0.15) is 0 Å². The summed E-state index contributed by atoms with van der Waals surface area (Å²) in [4.78, 5) is 0. The van der Waals surface area contributed by atoms with Crippen molar-refractivity contribution in [1.29, 1.82) is 0 Å². The monoisotopic (exact) mass is 348 g/mol. The average Bonchev–Trinajstić information content (AvgIpc) is 2.68. The third-order valence-corrected chi connectivity index (χ3v) is 4.99. The molecule has 0 aliphatic heterocycles. The van der Waals surface area contributed by atoms with E-state index in [1.165, 1.54) is 82.0 Å². The molecule has 0 spiro atoms. The number of quaternary nitrogens is 1. The molecule has 0 amide bonds. The Morgan fingerprint density at radius 1 is 0.640 bits per heavy atom. The number of benzene rings is 1. The second kappa shape index (κ2) is 16.6. The van der Waals surface area contributed by atoms with E-state index < -0.39 is 0 Å². The summed E-state index contributed by atoms with van der Waals surface area (Å²) in [6, 6.07) is 9.76. The van der Waals surface area contributed by atoms with Crippen molar-refractivity contribution in [3.8, 4) is 0 Å². The van der Waals surface area contributed by atoms with Gasteiger partial charge in [0.1, 0.15) is 0 Å². The lowest BCUT2D eigenvalue weighted by molar-refractivity contribution is -0.929. The Morgan fingerprint density at radius 2 is 1.00 bits per heavy atom. The van der Waals surface area contributed by atoms with Gasteiger partial charge in [0.25, 0.3) is 0 Å². The van der Waals surface area contributed by atoms with E-state index in [9.17, 15) is 0 Å². The van der Waals surface area contributed by atoms with Gasteiger partial charge in [0.2, 0.25) is 0 Å². The quantitative estimate of drug-likeness (QED) is 0.335. The van der Waals surface area contributed by atoms with Crippen molar-refractivity contribution in [1.82, 2.24) is 0 Å². The Morgan fingerprint density at radius 3 is 1.24 bits per heavy atom. The second-order valence-corrected chi connectivity index (χ2v) is 7.31. The van der Waals surface area contributed by atoms with Crippen LogP contribution in [0.5, 0.6) is 0 Å². The highest BCUT2D eigenvalue weighted by Crippen LogP contribution is 2.16. The van der Waals surface area contributed by atoms with Crippen LogP contribution in [-0.4, -0.2) is 30.7 Å². The van der Waals surface area contributed by atoms with E-state index in [2.05, 4.69) is 27.7 Å². The van der Waals surface area contributed by atoms with E-state index in [0.717, 1.165) is 5.56 Å². The third kappa shape index (κ3) is 12.2. The first-order valence-corrected chi connectivity index (χ1v) is 10.7. The van der Waals surface area contributed by atoms with Gasteiger partial charge < -0.3 is 10.2 Å². The molecule has 25 heavy (non-hydrogen) atoms. The zero-order valence-electron chi connectivity index (χ0n) is 17.5. The fraction of sp³-hybridized carbons (Fsp3) is 0.739. The van der Waals surface area contributed by atoms with Crippen LogP contribution in [0.2, 0.25) is 0 Å². The van der Waals surface area contributed by atoms with E-state index >= 15 is 0 Å². The maximum atomic E-state index is 6.94. The predicted octanol–water partition coefficient (Wildman–Crippen LogP) is 7.24. The Bertz CT molecular complexity index is 337. The van der Waals surface area contributed by atoms with Crippen molar-refractivity contribution in [2.75, 3.05) is 26.2 Å². The van der Waals surface area contributed by atoms with Crippen molar-refractivity contribution < 1.29 is 4.48 Å². The molecule has 0 radical (unpaired) electrons. The molecule has 0 aliphatic rings. The van der Waals surface area contributed by atoms with Gasteiger partial charge in [-0.3, -0.25) is 0 Å². The Hall–Kier alpha value is -0.860. The Balaban J connectivity index is 0.000000593. The van der Waals surface area contributed by atoms with Gasteiger partial charge in [0.05, 0.1) is 26.2 Å². The molecule has 1 N–H and O–H groups in total. The number of unbranched alkanes of at least 4 members (excludes halogenated alkanes) is 4. The van der Waals surface area contributed by atoms with E-state index in [4.69, 9.17) is 5.73 Å². The Kier molecular flexibility index (Phi) is 16.0. The normalized spacial score (nSPS) is 11.1. The molecular formula is C23H44N2. The number of hydrogen-bond donors (Lipinski definition) is 0. The lowest BCUT2D eigenvalue weighted by Gasteiger charge is -2.39. The topological polar surface area (TPSA) is 23.8 Å². The van der Waals surface area contributed by atoms with Gasteiger partial charge in [0.15, 0.2) is 0 Å². The van der Waals surface area contributed by atoms with Crippen molar-refractivity contribution in [2.24, 2.45) is 0 Å². The van der Waals surface area contributed by atoms with Crippen LogP contribution in [0.25, 0.3) is 5.73 Å². The predicted molar refractivity (Wildman–Crippen MR) is 114 cm³/mol. The molecule has 0 aromatic heterocycles. The standard InChI is InChI=1S/C16H36N.C7H8N/c1-5-9-13-17(14-10-6-2,15-11-7-3)16-12-8-4;8-6-7-4-2-1-3-5-7/h5-16H2,1-4H3;1-5,8H,6H2/q+1;-1. The summed E-state index contributed by atoms with van der Waals surface area (Å²) in [7, 11) is 0. The van der Waals surface area contributed by atoms with Crippen molar-refractivity contribution in [3.05, 3.63) is 41.6 Å². The summed E-state index contributed by atoms with van der Waals surface area (Å²) >= 11 is 0. The van der Waals surface area contributed by atoms with Crippen LogP contribution in [0.1, 0.15) is 84.6 Å². The summed E-state index contributed by atoms with van der Waals surface area (Å²) in [5, 5.41) is 0. The van der Waals surface area contributed by atoms with Gasteiger partial charge in [-0.1, -0.05) is 89.3 Å². The van der Waals surface area contributed by atoms with Crippen molar-refractivity contribution in [2.45, 2.75) is 85.6 Å². The first-order valence-electron chi connectivity index (χ1n) is 10.7. The summed E-state index contributed by atoms with van der Waals surface area (Å²) in [5.74, 6) is 0. The fourth-order valence-corrected chi connectivity index (χ4v) is 3.24. The van der Waals surface area contributed by atoms with Gasteiger partial charge in [0, 0.05) is 0 Å². The van der Waals surface area contributed by atoms with E-state index in [-0.39, 0.29) is 0 Å². The minimum atomic E-state index is 0.390. The summed E-state index contributed by atoms with van der Waals surface area (Å²) in [6.07, 6.45) is 11.1. The summed E-state index contributed by atoms with van der Waals surface area (Å²) in [5.41, 5.74) is 8.02. The highest BCUT2D eigenvalue weighted by Gasteiger charge is 2.24. The molecule has 146 valence electrons. The molecule has 0 saturated carbocycles. The number of rotatable bonds is 13. The molecule has 0 atom stereocenters. The third-order valence-electron chi connectivity index (χ3n) is 4.99. The molecule has 2 nitrogen and oxygen atoms in total.